The number of amides is 2. The van der Waals surface area contributed by atoms with Crippen LogP contribution < -0.4 is 15.1 Å². The van der Waals surface area contributed by atoms with E-state index < -0.39 is 24.0 Å². The number of aromatic nitrogens is 3. The summed E-state index contributed by atoms with van der Waals surface area (Å²) in [7, 11) is 0. The lowest BCUT2D eigenvalue weighted by molar-refractivity contribution is -0.119. The predicted octanol–water partition coefficient (Wildman–Crippen LogP) is 1.81. The van der Waals surface area contributed by atoms with Crippen molar-refractivity contribution in [3.05, 3.63) is 35.9 Å². The van der Waals surface area contributed by atoms with Crippen LogP contribution in [0, 0.1) is 5.82 Å². The molecule has 3 heterocycles. The van der Waals surface area contributed by atoms with Crippen LogP contribution in [0.4, 0.5) is 20.6 Å². The number of nitrogens with one attached hydrogen (secondary N) is 1. The van der Waals surface area contributed by atoms with Gasteiger partial charge in [-0.15, -0.1) is 5.10 Å². The standard InChI is InChI=1S/C21H25FN6O5/c1-12-7-15(28-19(20(30)31)10-24-25-28)5-6-26(12)18-4-3-14(8-17(18)22)27-11-16(33-21(27)32)9-23-13(2)29/h3-4,8,10,12,15-16H,5-7,9,11H2,1-2H3,(H,23,29)(H,30,31). The van der Waals surface area contributed by atoms with Crippen LogP contribution >= 0.6 is 0 Å². The fourth-order valence-electron chi connectivity index (χ4n) is 4.39. The number of hydrogen-bond donors (Lipinski definition) is 2. The Bertz CT molecular complexity index is 1080. The van der Waals surface area contributed by atoms with Gasteiger partial charge >= 0.3 is 12.1 Å². The van der Waals surface area contributed by atoms with Crippen LogP contribution in [0.3, 0.4) is 0 Å². The van der Waals surface area contributed by atoms with Crippen molar-refractivity contribution in [2.75, 3.05) is 29.4 Å². The van der Waals surface area contributed by atoms with Crippen molar-refractivity contribution < 1.29 is 28.6 Å². The maximum absolute atomic E-state index is 15.1. The maximum atomic E-state index is 15.1. The van der Waals surface area contributed by atoms with Gasteiger partial charge in [-0.25, -0.2) is 18.7 Å². The zero-order valence-corrected chi connectivity index (χ0v) is 18.3. The van der Waals surface area contributed by atoms with Gasteiger partial charge in [0.15, 0.2) is 5.69 Å². The van der Waals surface area contributed by atoms with E-state index in [2.05, 4.69) is 15.6 Å². The van der Waals surface area contributed by atoms with E-state index in [0.717, 1.165) is 0 Å². The predicted molar refractivity (Wildman–Crippen MR) is 115 cm³/mol. The molecule has 0 saturated carbocycles. The number of carboxylic acid groups (broad SMARTS) is 1. The Morgan fingerprint density at radius 1 is 1.36 bits per heavy atom. The topological polar surface area (TPSA) is 130 Å². The van der Waals surface area contributed by atoms with Crippen LogP contribution in [-0.4, -0.2) is 69.9 Å². The van der Waals surface area contributed by atoms with Gasteiger partial charge in [0.05, 0.1) is 36.7 Å². The van der Waals surface area contributed by atoms with Crippen LogP contribution in [0.2, 0.25) is 0 Å². The second-order valence-electron chi connectivity index (χ2n) is 8.28. The first-order valence-electron chi connectivity index (χ1n) is 10.7. The summed E-state index contributed by atoms with van der Waals surface area (Å²) in [5.41, 5.74) is 0.817. The Labute approximate surface area is 189 Å². The molecule has 4 rings (SSSR count). The van der Waals surface area contributed by atoms with Gasteiger partial charge in [-0.05, 0) is 38.0 Å². The van der Waals surface area contributed by atoms with E-state index in [1.165, 1.54) is 28.8 Å². The van der Waals surface area contributed by atoms with E-state index in [1.54, 1.807) is 12.1 Å². The molecule has 176 valence electrons. The maximum Gasteiger partial charge on any atom is 0.414 e. The molecule has 1 aromatic carbocycles. The molecule has 0 radical (unpaired) electrons. The Kier molecular flexibility index (Phi) is 6.16. The van der Waals surface area contributed by atoms with Crippen LogP contribution in [-0.2, 0) is 9.53 Å². The zero-order valence-electron chi connectivity index (χ0n) is 18.3. The number of carbonyl (C=O) groups excluding carboxylic acids is 2. The van der Waals surface area contributed by atoms with Crippen molar-refractivity contribution in [1.82, 2.24) is 20.3 Å². The Morgan fingerprint density at radius 2 is 2.15 bits per heavy atom. The third-order valence-electron chi connectivity index (χ3n) is 5.99. The molecular formula is C21H25FN6O5. The van der Waals surface area contributed by atoms with Gasteiger partial charge in [0, 0.05) is 19.5 Å². The summed E-state index contributed by atoms with van der Waals surface area (Å²) in [6, 6.07) is 4.38. The molecule has 33 heavy (non-hydrogen) atoms. The first-order chi connectivity index (χ1) is 15.7. The summed E-state index contributed by atoms with van der Waals surface area (Å²) in [5.74, 6) is -1.78. The molecule has 3 unspecified atom stereocenters. The normalized spacial score (nSPS) is 22.9. The van der Waals surface area contributed by atoms with Gasteiger partial charge < -0.3 is 20.1 Å². The second-order valence-corrected chi connectivity index (χ2v) is 8.28. The Morgan fingerprint density at radius 3 is 2.82 bits per heavy atom. The molecule has 12 heteroatoms. The number of carbonyl (C=O) groups is 3. The van der Waals surface area contributed by atoms with Crippen molar-refractivity contribution in [3.63, 3.8) is 0 Å². The number of halogens is 1. The van der Waals surface area contributed by atoms with Crippen LogP contribution in [0.15, 0.2) is 24.4 Å². The molecule has 0 aliphatic carbocycles. The van der Waals surface area contributed by atoms with Gasteiger partial charge in [-0.3, -0.25) is 9.69 Å². The minimum absolute atomic E-state index is 0.0329. The molecule has 0 bridgehead atoms. The summed E-state index contributed by atoms with van der Waals surface area (Å²) >= 11 is 0. The van der Waals surface area contributed by atoms with Crippen molar-refractivity contribution in [2.24, 2.45) is 0 Å². The molecular weight excluding hydrogens is 435 g/mol. The largest absolute Gasteiger partial charge is 0.476 e. The highest BCUT2D eigenvalue weighted by atomic mass is 19.1. The monoisotopic (exact) mass is 460 g/mol. The molecule has 0 spiro atoms. The van der Waals surface area contributed by atoms with Crippen molar-refractivity contribution in [2.45, 2.75) is 44.9 Å². The van der Waals surface area contributed by atoms with Crippen molar-refractivity contribution >= 4 is 29.3 Å². The Balaban J connectivity index is 1.44. The number of hydrogen-bond acceptors (Lipinski definition) is 7. The molecule has 2 aliphatic rings. The number of cyclic esters (lactones) is 1. The van der Waals surface area contributed by atoms with E-state index in [0.29, 0.717) is 30.8 Å². The molecule has 2 saturated heterocycles. The van der Waals surface area contributed by atoms with E-state index in [1.807, 2.05) is 11.8 Å². The fraction of sp³-hybridized carbons (Fsp3) is 0.476. The van der Waals surface area contributed by atoms with E-state index >= 15 is 4.39 Å². The van der Waals surface area contributed by atoms with Crippen molar-refractivity contribution in [1.29, 1.82) is 0 Å². The highest BCUT2D eigenvalue weighted by Gasteiger charge is 2.34. The van der Waals surface area contributed by atoms with Crippen molar-refractivity contribution in [3.8, 4) is 0 Å². The smallest absolute Gasteiger partial charge is 0.414 e. The molecule has 3 atom stereocenters. The number of ether oxygens (including phenoxy) is 1. The lowest BCUT2D eigenvalue weighted by Gasteiger charge is -2.39. The number of rotatable bonds is 6. The number of carboxylic acids is 1. The third-order valence-corrected chi connectivity index (χ3v) is 5.99. The molecule has 1 aromatic heterocycles. The Hall–Kier alpha value is -3.70. The number of nitrogens with zero attached hydrogens (tertiary/aromatic N) is 5. The van der Waals surface area contributed by atoms with Gasteiger partial charge in [0.2, 0.25) is 5.91 Å². The summed E-state index contributed by atoms with van der Waals surface area (Å²) in [6.45, 7) is 4.24. The fourth-order valence-corrected chi connectivity index (χ4v) is 4.39. The highest BCUT2D eigenvalue weighted by molar-refractivity contribution is 5.90. The molecule has 2 fully saturated rings. The van der Waals surface area contributed by atoms with Crippen LogP contribution in [0.1, 0.15) is 43.2 Å². The third kappa shape index (κ3) is 4.59. The van der Waals surface area contributed by atoms with Gasteiger partial charge in [-0.2, -0.15) is 0 Å². The molecule has 2 amide bonds. The number of benzene rings is 1. The molecule has 2 aromatic rings. The average molecular weight is 460 g/mol. The van der Waals surface area contributed by atoms with Gasteiger partial charge in [0.25, 0.3) is 0 Å². The summed E-state index contributed by atoms with van der Waals surface area (Å²) in [4.78, 5) is 37.9. The van der Waals surface area contributed by atoms with Crippen LogP contribution in [0.25, 0.3) is 0 Å². The first-order valence-corrected chi connectivity index (χ1v) is 10.7. The van der Waals surface area contributed by atoms with E-state index in [9.17, 15) is 19.5 Å². The first kappa shape index (κ1) is 22.5. The molecule has 2 N–H and O–H groups in total. The average Bonchev–Trinajstić information content (AvgIpc) is 3.39. The number of anilines is 2. The minimum Gasteiger partial charge on any atom is -0.476 e. The highest BCUT2D eigenvalue weighted by Crippen LogP contribution is 2.34. The minimum atomic E-state index is -1.09. The molecule has 2 aliphatic heterocycles. The number of piperidine rings is 1. The lowest BCUT2D eigenvalue weighted by atomic mass is 9.97. The SMILES string of the molecule is CC(=O)NCC1CN(c2ccc(N3CCC(n4nncc4C(=O)O)CC3C)c(F)c2)C(=O)O1. The van der Waals surface area contributed by atoms with Gasteiger partial charge in [0.1, 0.15) is 11.9 Å². The van der Waals surface area contributed by atoms with Crippen LogP contribution in [0.5, 0.6) is 0 Å². The quantitative estimate of drug-likeness (QED) is 0.668. The summed E-state index contributed by atoms with van der Waals surface area (Å²) < 4.78 is 21.8. The lowest BCUT2D eigenvalue weighted by Crippen LogP contribution is -2.42. The number of aromatic carboxylic acids is 1. The second kappa shape index (κ2) is 9.04. The van der Waals surface area contributed by atoms with E-state index in [4.69, 9.17) is 4.74 Å². The summed E-state index contributed by atoms with van der Waals surface area (Å²) in [5, 5.41) is 19.5. The summed E-state index contributed by atoms with van der Waals surface area (Å²) in [6.07, 6.45) is 1.29. The zero-order chi connectivity index (χ0) is 23.7. The van der Waals surface area contributed by atoms with E-state index in [-0.39, 0.29) is 36.8 Å². The molecule has 11 nitrogen and oxygen atoms in total. The van der Waals surface area contributed by atoms with Gasteiger partial charge in [-0.1, -0.05) is 5.21 Å².